The second kappa shape index (κ2) is 10.6. The van der Waals surface area contributed by atoms with Crippen LogP contribution in [0.15, 0.2) is 48.6 Å². The van der Waals surface area contributed by atoms with Crippen molar-refractivity contribution in [1.29, 1.82) is 0 Å². The van der Waals surface area contributed by atoms with Gasteiger partial charge in [-0.15, -0.1) is 0 Å². The molecule has 0 radical (unpaired) electrons. The van der Waals surface area contributed by atoms with Crippen LogP contribution in [-0.2, 0) is 11.3 Å². The Kier molecular flexibility index (Phi) is 6.86. The number of amides is 2. The molecule has 2 unspecified atom stereocenters. The highest BCUT2D eigenvalue weighted by Gasteiger charge is 2.62. The molecule has 2 atom stereocenters. The van der Waals surface area contributed by atoms with Crippen LogP contribution < -0.4 is 14.8 Å². The molecule has 8 heteroatoms. The number of ether oxygens (including phenoxy) is 1. The molecule has 2 N–H and O–H groups in total. The highest BCUT2D eigenvalue weighted by molar-refractivity contribution is 7.95. The molecule has 2 aliphatic carbocycles. The van der Waals surface area contributed by atoms with Gasteiger partial charge in [-0.1, -0.05) is 37.5 Å². The summed E-state index contributed by atoms with van der Waals surface area (Å²) in [6.45, 7) is 1.91. The number of hydrogen-bond acceptors (Lipinski definition) is 5. The molecule has 1 spiro atoms. The van der Waals surface area contributed by atoms with Crippen LogP contribution in [0.4, 0.5) is 0 Å². The summed E-state index contributed by atoms with van der Waals surface area (Å²) in [6.07, 6.45) is 11.9. The number of nitrogens with zero attached hydrogens (tertiary/aromatic N) is 2. The number of carbonyl (C=O) groups excluding carboxylic acids is 2. The second-order valence-corrected chi connectivity index (χ2v) is 13.1. The van der Waals surface area contributed by atoms with Gasteiger partial charge in [-0.2, -0.15) is 0 Å². The molecular formula is C33H38N4O3S. The molecular weight excluding hydrogens is 532 g/mol. The zero-order valence-electron chi connectivity index (χ0n) is 23.9. The first-order valence-electron chi connectivity index (χ1n) is 15.0. The zero-order valence-corrected chi connectivity index (χ0v) is 24.7. The molecule has 2 aromatic carbocycles. The van der Waals surface area contributed by atoms with E-state index in [1.165, 1.54) is 72.0 Å². The average molecular weight is 571 g/mol. The maximum absolute atomic E-state index is 14.0. The first-order chi connectivity index (χ1) is 20.0. The fourth-order valence-corrected chi connectivity index (χ4v) is 7.96. The van der Waals surface area contributed by atoms with E-state index in [0.29, 0.717) is 31.1 Å². The summed E-state index contributed by atoms with van der Waals surface area (Å²) in [4.78, 5) is 27.3. The molecule has 2 amide bonds. The SMILES string of the molecule is COc1ccc2c(c1)C1CC13Cn1c-2c(C2CCCCC2)c2ccc(cc21)C(=O)NSN(C)C/C=C/CCNC3=O. The lowest BCUT2D eigenvalue weighted by molar-refractivity contribution is -0.126. The van der Waals surface area contributed by atoms with E-state index in [0.717, 1.165) is 24.1 Å². The van der Waals surface area contributed by atoms with Crippen LogP contribution in [0.3, 0.4) is 0 Å². The molecule has 7 nitrogen and oxygen atoms in total. The van der Waals surface area contributed by atoms with Gasteiger partial charge >= 0.3 is 0 Å². The lowest BCUT2D eigenvalue weighted by Crippen LogP contribution is -2.36. The Hall–Kier alpha value is -3.23. The molecule has 214 valence electrons. The first-order valence-corrected chi connectivity index (χ1v) is 15.7. The summed E-state index contributed by atoms with van der Waals surface area (Å²) in [7, 11) is 3.67. The summed E-state index contributed by atoms with van der Waals surface area (Å²) in [5, 5.41) is 4.50. The number of methoxy groups -OCH3 is 1. The van der Waals surface area contributed by atoms with Crippen LogP contribution in [0, 0.1) is 5.41 Å². The molecule has 41 heavy (non-hydrogen) atoms. The smallest absolute Gasteiger partial charge is 0.262 e. The summed E-state index contributed by atoms with van der Waals surface area (Å²) >= 11 is 1.31. The molecule has 0 saturated heterocycles. The summed E-state index contributed by atoms with van der Waals surface area (Å²) in [5.74, 6) is 1.45. The van der Waals surface area contributed by atoms with Gasteiger partial charge in [0.1, 0.15) is 5.75 Å². The largest absolute Gasteiger partial charge is 0.497 e. The van der Waals surface area contributed by atoms with Gasteiger partial charge in [-0.25, -0.2) is 4.31 Å². The van der Waals surface area contributed by atoms with Crippen molar-refractivity contribution in [3.63, 3.8) is 0 Å². The number of nitrogens with one attached hydrogen (secondary N) is 2. The molecule has 2 saturated carbocycles. The predicted octanol–water partition coefficient (Wildman–Crippen LogP) is 6.15. The second-order valence-electron chi connectivity index (χ2n) is 12.1. The average Bonchev–Trinajstić information content (AvgIpc) is 3.67. The number of rotatable bonds is 2. The third-order valence-corrected chi connectivity index (χ3v) is 10.4. The molecule has 3 heterocycles. The first kappa shape index (κ1) is 26.7. The van der Waals surface area contributed by atoms with Crippen molar-refractivity contribution in [3.05, 3.63) is 65.2 Å². The quantitative estimate of drug-likeness (QED) is 0.285. The monoisotopic (exact) mass is 570 g/mol. The standard InChI is InChI=1S/C33H38N4O3S/c1-36-16-8-4-7-15-34-32(39)33-19-27(33)26-18-23(40-2)12-14-24(26)30-29(21-9-5-3-6-10-21)25-13-11-22(31(38)35-41-36)17-28(25)37(30)20-33/h4,8,11-14,17-18,21,27H,3,5-7,9-10,15-16,19-20H2,1-2H3,(H,34,39)(H,35,38)/b8-4+. The van der Waals surface area contributed by atoms with Crippen LogP contribution >= 0.6 is 12.1 Å². The zero-order chi connectivity index (χ0) is 28.1. The van der Waals surface area contributed by atoms with Gasteiger partial charge < -0.3 is 14.6 Å². The van der Waals surface area contributed by atoms with E-state index in [9.17, 15) is 9.59 Å². The Morgan fingerprint density at radius 3 is 2.73 bits per heavy atom. The minimum absolute atomic E-state index is 0.109. The summed E-state index contributed by atoms with van der Waals surface area (Å²) in [5.41, 5.74) is 6.22. The highest BCUT2D eigenvalue weighted by atomic mass is 32.2. The van der Waals surface area contributed by atoms with Crippen LogP contribution in [0.25, 0.3) is 22.2 Å². The van der Waals surface area contributed by atoms with E-state index >= 15 is 0 Å². The van der Waals surface area contributed by atoms with Gasteiger partial charge in [-0.3, -0.25) is 14.3 Å². The normalized spacial score (nSPS) is 26.0. The predicted molar refractivity (Wildman–Crippen MR) is 164 cm³/mol. The van der Waals surface area contributed by atoms with Crippen molar-refractivity contribution in [2.75, 3.05) is 27.2 Å². The fraction of sp³-hybridized carbons (Fsp3) is 0.455. The molecule has 7 rings (SSSR count). The Bertz CT molecular complexity index is 1560. The van der Waals surface area contributed by atoms with Crippen molar-refractivity contribution >= 4 is 34.9 Å². The minimum Gasteiger partial charge on any atom is -0.497 e. The Labute approximate surface area is 246 Å². The van der Waals surface area contributed by atoms with Gasteiger partial charge in [0, 0.05) is 59.7 Å². The van der Waals surface area contributed by atoms with Crippen molar-refractivity contribution in [3.8, 4) is 17.0 Å². The third kappa shape index (κ3) is 4.56. The Morgan fingerprint density at radius 2 is 1.90 bits per heavy atom. The van der Waals surface area contributed by atoms with Crippen LogP contribution in [0.2, 0.25) is 0 Å². The van der Waals surface area contributed by atoms with Crippen molar-refractivity contribution in [1.82, 2.24) is 18.9 Å². The van der Waals surface area contributed by atoms with Gasteiger partial charge in [-0.05, 0) is 80.1 Å². The number of fused-ring (bicyclic) bond motifs is 4. The molecule has 3 aromatic rings. The van der Waals surface area contributed by atoms with E-state index in [-0.39, 0.29) is 17.7 Å². The van der Waals surface area contributed by atoms with E-state index < -0.39 is 5.41 Å². The highest BCUT2D eigenvalue weighted by Crippen LogP contribution is 2.65. The van der Waals surface area contributed by atoms with E-state index in [1.807, 2.05) is 17.4 Å². The number of hydrogen-bond donors (Lipinski definition) is 2. The van der Waals surface area contributed by atoms with Crippen molar-refractivity contribution in [2.24, 2.45) is 5.41 Å². The maximum Gasteiger partial charge on any atom is 0.262 e. The van der Waals surface area contributed by atoms with E-state index in [1.54, 1.807) is 7.11 Å². The van der Waals surface area contributed by atoms with E-state index in [4.69, 9.17) is 4.74 Å². The Balaban J connectivity index is 1.46. The topological polar surface area (TPSA) is 75.6 Å². The summed E-state index contributed by atoms with van der Waals surface area (Å²) < 4.78 is 13.1. The molecule has 2 aliphatic heterocycles. The van der Waals surface area contributed by atoms with Gasteiger partial charge in [0.15, 0.2) is 0 Å². The van der Waals surface area contributed by atoms with Crippen LogP contribution in [0.1, 0.15) is 78.3 Å². The van der Waals surface area contributed by atoms with Crippen LogP contribution in [0.5, 0.6) is 5.75 Å². The lowest BCUT2D eigenvalue weighted by atomic mass is 9.81. The van der Waals surface area contributed by atoms with Crippen molar-refractivity contribution < 1.29 is 14.3 Å². The van der Waals surface area contributed by atoms with Gasteiger partial charge in [0.2, 0.25) is 5.91 Å². The Morgan fingerprint density at radius 1 is 1.05 bits per heavy atom. The van der Waals surface area contributed by atoms with Gasteiger partial charge in [0.05, 0.1) is 18.2 Å². The molecule has 1 aromatic heterocycles. The van der Waals surface area contributed by atoms with Crippen LogP contribution in [-0.4, -0.2) is 47.9 Å². The molecule has 4 aliphatic rings. The molecule has 2 fully saturated rings. The summed E-state index contributed by atoms with van der Waals surface area (Å²) in [6, 6.07) is 12.6. The van der Waals surface area contributed by atoms with E-state index in [2.05, 4.69) is 57.1 Å². The number of aromatic nitrogens is 1. The molecule has 4 bridgehead atoms. The fourth-order valence-electron chi connectivity index (χ4n) is 7.44. The number of likely N-dealkylation sites (N-methyl/N-ethyl adjacent to an activating group) is 1. The lowest BCUT2D eigenvalue weighted by Gasteiger charge is -2.24. The minimum atomic E-state index is -0.520. The van der Waals surface area contributed by atoms with Crippen molar-refractivity contribution in [2.45, 2.75) is 63.3 Å². The maximum atomic E-state index is 14.0. The van der Waals surface area contributed by atoms with Gasteiger partial charge in [0.25, 0.3) is 5.91 Å². The number of benzene rings is 2. The third-order valence-electron chi connectivity index (χ3n) is 9.66. The number of carbonyl (C=O) groups is 2.